The zero-order chi connectivity index (χ0) is 14.0. The van der Waals surface area contributed by atoms with Crippen molar-refractivity contribution in [2.45, 2.75) is 26.8 Å². The Morgan fingerprint density at radius 1 is 1.26 bits per heavy atom. The van der Waals surface area contributed by atoms with Crippen molar-refractivity contribution in [1.82, 2.24) is 0 Å². The molecular formula is C15H18N2O2. The molecular weight excluding hydrogens is 240 g/mol. The number of carbonyl (C=O) groups is 1. The molecule has 4 nitrogen and oxygen atoms in total. The zero-order valence-corrected chi connectivity index (χ0v) is 11.4. The molecule has 1 heterocycles. The molecule has 0 fully saturated rings. The summed E-state index contributed by atoms with van der Waals surface area (Å²) in [4.78, 5) is 11.0. The van der Waals surface area contributed by atoms with Gasteiger partial charge in [0.25, 0.3) is 0 Å². The molecule has 4 heteroatoms. The van der Waals surface area contributed by atoms with Gasteiger partial charge in [-0.15, -0.1) is 0 Å². The van der Waals surface area contributed by atoms with E-state index in [4.69, 9.17) is 10.2 Å². The molecule has 0 bridgehead atoms. The van der Waals surface area contributed by atoms with Crippen LogP contribution in [0, 0.1) is 13.8 Å². The second-order valence-electron chi connectivity index (χ2n) is 4.68. The first-order valence-corrected chi connectivity index (χ1v) is 6.20. The fraction of sp³-hybridized carbons (Fsp3) is 0.267. The quantitative estimate of drug-likeness (QED) is 0.885. The van der Waals surface area contributed by atoms with Crippen LogP contribution in [-0.4, -0.2) is 5.91 Å². The maximum Gasteiger partial charge on any atom is 0.248 e. The van der Waals surface area contributed by atoms with E-state index in [0.717, 1.165) is 22.8 Å². The van der Waals surface area contributed by atoms with Gasteiger partial charge in [0.2, 0.25) is 5.91 Å². The summed E-state index contributed by atoms with van der Waals surface area (Å²) in [5, 5.41) is 3.37. The van der Waals surface area contributed by atoms with E-state index in [1.54, 1.807) is 12.1 Å². The van der Waals surface area contributed by atoms with Gasteiger partial charge < -0.3 is 15.5 Å². The van der Waals surface area contributed by atoms with Gasteiger partial charge in [-0.3, -0.25) is 4.79 Å². The summed E-state index contributed by atoms with van der Waals surface area (Å²) in [7, 11) is 0. The lowest BCUT2D eigenvalue weighted by Crippen LogP contribution is -2.11. The minimum atomic E-state index is -0.416. The van der Waals surface area contributed by atoms with Gasteiger partial charge in [0.05, 0.1) is 6.04 Å². The van der Waals surface area contributed by atoms with Crippen LogP contribution < -0.4 is 11.1 Å². The molecule has 1 amide bonds. The van der Waals surface area contributed by atoms with Gasteiger partial charge in [0.1, 0.15) is 11.5 Å². The highest BCUT2D eigenvalue weighted by molar-refractivity contribution is 5.93. The Hall–Kier alpha value is -2.23. The predicted molar refractivity (Wildman–Crippen MR) is 75.2 cm³/mol. The molecule has 0 aliphatic rings. The Labute approximate surface area is 112 Å². The van der Waals surface area contributed by atoms with E-state index in [-0.39, 0.29) is 6.04 Å². The van der Waals surface area contributed by atoms with Gasteiger partial charge in [-0.25, -0.2) is 0 Å². The van der Waals surface area contributed by atoms with Crippen LogP contribution >= 0.6 is 0 Å². The molecule has 0 radical (unpaired) electrons. The number of hydrogen-bond donors (Lipinski definition) is 2. The molecule has 0 saturated carbocycles. The van der Waals surface area contributed by atoms with Crippen LogP contribution in [0.3, 0.4) is 0 Å². The zero-order valence-electron chi connectivity index (χ0n) is 11.4. The van der Waals surface area contributed by atoms with Gasteiger partial charge >= 0.3 is 0 Å². The summed E-state index contributed by atoms with van der Waals surface area (Å²) in [6.07, 6.45) is 0. The number of aryl methyl sites for hydroxylation is 2. The number of hydrogen-bond acceptors (Lipinski definition) is 3. The first kappa shape index (κ1) is 13.2. The van der Waals surface area contributed by atoms with Crippen LogP contribution in [0.1, 0.15) is 40.4 Å². The van der Waals surface area contributed by atoms with Crippen molar-refractivity contribution in [3.05, 3.63) is 53.0 Å². The van der Waals surface area contributed by atoms with Crippen LogP contribution in [-0.2, 0) is 0 Å². The Morgan fingerprint density at radius 2 is 1.89 bits per heavy atom. The molecule has 100 valence electrons. The highest BCUT2D eigenvalue weighted by atomic mass is 16.3. The first-order valence-electron chi connectivity index (χ1n) is 6.20. The number of benzene rings is 1. The van der Waals surface area contributed by atoms with Crippen LogP contribution in [0.5, 0.6) is 0 Å². The van der Waals surface area contributed by atoms with Crippen LogP contribution in [0.2, 0.25) is 0 Å². The van der Waals surface area contributed by atoms with E-state index in [1.807, 2.05) is 32.0 Å². The van der Waals surface area contributed by atoms with Crippen molar-refractivity contribution in [3.8, 4) is 0 Å². The number of anilines is 1. The summed E-state index contributed by atoms with van der Waals surface area (Å²) in [6, 6.07) is 9.29. The van der Waals surface area contributed by atoms with Crippen LogP contribution in [0.4, 0.5) is 5.69 Å². The monoisotopic (exact) mass is 258 g/mol. The molecule has 1 aromatic carbocycles. The molecule has 0 saturated heterocycles. The first-order chi connectivity index (χ1) is 8.97. The standard InChI is InChI=1S/C15H18N2O2/c1-9-8-14(11(3)19-9)10(2)17-13-6-4-12(5-7-13)15(16)18/h4-8,10,17H,1-3H3,(H2,16,18). The van der Waals surface area contributed by atoms with Crippen LogP contribution in [0.25, 0.3) is 0 Å². The van der Waals surface area contributed by atoms with Gasteiger partial charge in [-0.1, -0.05) is 0 Å². The summed E-state index contributed by atoms with van der Waals surface area (Å²) in [5.74, 6) is 1.41. The molecule has 1 atom stereocenters. The fourth-order valence-corrected chi connectivity index (χ4v) is 2.14. The lowest BCUT2D eigenvalue weighted by atomic mass is 10.1. The SMILES string of the molecule is Cc1cc(C(C)Nc2ccc(C(N)=O)cc2)c(C)o1. The summed E-state index contributed by atoms with van der Waals surface area (Å²) < 4.78 is 5.52. The molecule has 0 aliphatic heterocycles. The number of nitrogens with two attached hydrogens (primary N) is 1. The summed E-state index contributed by atoms with van der Waals surface area (Å²) in [5.41, 5.74) is 7.79. The average Bonchev–Trinajstić information content (AvgIpc) is 2.69. The molecule has 1 unspecified atom stereocenters. The van der Waals surface area contributed by atoms with Gasteiger partial charge in [-0.2, -0.15) is 0 Å². The number of rotatable bonds is 4. The lowest BCUT2D eigenvalue weighted by Gasteiger charge is -2.14. The number of amides is 1. The highest BCUT2D eigenvalue weighted by Crippen LogP contribution is 2.24. The molecule has 2 aromatic rings. The third kappa shape index (κ3) is 2.96. The maximum atomic E-state index is 11.0. The van der Waals surface area contributed by atoms with Crippen molar-refractivity contribution >= 4 is 11.6 Å². The molecule has 19 heavy (non-hydrogen) atoms. The fourth-order valence-electron chi connectivity index (χ4n) is 2.14. The Balaban J connectivity index is 2.12. The minimum Gasteiger partial charge on any atom is -0.466 e. The molecule has 0 aliphatic carbocycles. The molecule has 3 N–H and O–H groups in total. The Morgan fingerprint density at radius 3 is 2.37 bits per heavy atom. The van der Waals surface area contributed by atoms with Crippen molar-refractivity contribution in [1.29, 1.82) is 0 Å². The third-order valence-corrected chi connectivity index (χ3v) is 3.10. The van der Waals surface area contributed by atoms with Crippen molar-refractivity contribution in [2.75, 3.05) is 5.32 Å². The summed E-state index contributed by atoms with van der Waals surface area (Å²) in [6.45, 7) is 5.96. The van der Waals surface area contributed by atoms with Crippen molar-refractivity contribution in [2.24, 2.45) is 5.73 Å². The number of nitrogens with one attached hydrogen (secondary N) is 1. The topological polar surface area (TPSA) is 68.3 Å². The molecule has 0 spiro atoms. The predicted octanol–water partition coefficient (Wildman–Crippen LogP) is 3.17. The number of furan rings is 1. The largest absolute Gasteiger partial charge is 0.466 e. The van der Waals surface area contributed by atoms with E-state index < -0.39 is 5.91 Å². The number of primary amides is 1. The van der Waals surface area contributed by atoms with Crippen molar-refractivity contribution in [3.63, 3.8) is 0 Å². The highest BCUT2D eigenvalue weighted by Gasteiger charge is 2.12. The number of carbonyl (C=O) groups excluding carboxylic acids is 1. The van der Waals surface area contributed by atoms with E-state index in [0.29, 0.717) is 5.56 Å². The van der Waals surface area contributed by atoms with E-state index >= 15 is 0 Å². The van der Waals surface area contributed by atoms with Gasteiger partial charge in [0.15, 0.2) is 0 Å². The van der Waals surface area contributed by atoms with E-state index in [9.17, 15) is 4.79 Å². The third-order valence-electron chi connectivity index (χ3n) is 3.10. The van der Waals surface area contributed by atoms with Gasteiger partial charge in [0, 0.05) is 16.8 Å². The Bertz CT molecular complexity index is 585. The van der Waals surface area contributed by atoms with E-state index in [2.05, 4.69) is 12.2 Å². The van der Waals surface area contributed by atoms with Gasteiger partial charge in [-0.05, 0) is 51.1 Å². The van der Waals surface area contributed by atoms with E-state index in [1.165, 1.54) is 0 Å². The van der Waals surface area contributed by atoms with Crippen molar-refractivity contribution < 1.29 is 9.21 Å². The second kappa shape index (κ2) is 5.18. The average molecular weight is 258 g/mol. The second-order valence-corrected chi connectivity index (χ2v) is 4.68. The normalized spacial score (nSPS) is 12.2. The smallest absolute Gasteiger partial charge is 0.248 e. The lowest BCUT2D eigenvalue weighted by molar-refractivity contribution is 0.100. The Kier molecular flexibility index (Phi) is 3.60. The minimum absolute atomic E-state index is 0.136. The molecule has 2 rings (SSSR count). The van der Waals surface area contributed by atoms with Crippen LogP contribution in [0.15, 0.2) is 34.7 Å². The maximum absolute atomic E-state index is 11.0. The summed E-state index contributed by atoms with van der Waals surface area (Å²) >= 11 is 0. The molecule has 1 aromatic heterocycles.